The summed E-state index contributed by atoms with van der Waals surface area (Å²) in [5.41, 5.74) is 0. The van der Waals surface area contributed by atoms with E-state index in [9.17, 15) is 30.0 Å². The first kappa shape index (κ1) is 87.3. The van der Waals surface area contributed by atoms with Crippen molar-refractivity contribution in [2.75, 3.05) is 78.0 Å². The molecule has 0 rings (SSSR count). The topological polar surface area (TPSA) is 149 Å². The lowest BCUT2D eigenvalue weighted by molar-refractivity contribution is -0.129. The van der Waals surface area contributed by atoms with Crippen LogP contribution in [0.25, 0.3) is 0 Å². The number of hydrogen-bond acceptors (Lipinski definition) is 11. The van der Waals surface area contributed by atoms with E-state index in [0.717, 1.165) is 134 Å². The Morgan fingerprint density at radius 3 is 1.11 bits per heavy atom. The van der Waals surface area contributed by atoms with Gasteiger partial charge in [0.25, 0.3) is 0 Å². The van der Waals surface area contributed by atoms with E-state index in [1.807, 2.05) is 29.8 Å². The molecular formula is C76H147N5O6S2. The monoisotopic (exact) mass is 1290 g/mol. The van der Waals surface area contributed by atoms with Crippen LogP contribution in [0.5, 0.6) is 0 Å². The van der Waals surface area contributed by atoms with Gasteiger partial charge in [-0.15, -0.1) is 0 Å². The van der Waals surface area contributed by atoms with E-state index >= 15 is 0 Å². The van der Waals surface area contributed by atoms with E-state index in [1.165, 1.54) is 154 Å². The molecule has 0 aliphatic carbocycles. The second-order valence-corrected chi connectivity index (χ2v) is 29.2. The van der Waals surface area contributed by atoms with Gasteiger partial charge < -0.3 is 36.0 Å². The number of hydrogen-bond donors (Lipinski definition) is 6. The lowest BCUT2D eigenvalue weighted by Crippen LogP contribution is -2.48. The first-order valence-electron chi connectivity index (χ1n) is 37.7. The van der Waals surface area contributed by atoms with Crippen molar-refractivity contribution in [1.29, 1.82) is 0 Å². The molecule has 0 aliphatic rings. The highest BCUT2D eigenvalue weighted by Gasteiger charge is 2.22. The maximum absolute atomic E-state index is 13.6. The molecule has 0 saturated heterocycles. The number of nitrogens with one attached hydrogen (secondary N) is 2. The number of aliphatic hydroxyl groups is 4. The third-order valence-electron chi connectivity index (χ3n) is 17.0. The molecule has 5 unspecified atom stereocenters. The number of rotatable bonds is 70. The van der Waals surface area contributed by atoms with E-state index in [4.69, 9.17) is 0 Å². The van der Waals surface area contributed by atoms with E-state index in [1.54, 1.807) is 10.8 Å². The summed E-state index contributed by atoms with van der Waals surface area (Å²) in [7, 11) is 7.53. The summed E-state index contributed by atoms with van der Waals surface area (Å²) in [6.07, 6.45) is 66.4. The van der Waals surface area contributed by atoms with Crippen LogP contribution in [0, 0.1) is 0 Å². The van der Waals surface area contributed by atoms with Gasteiger partial charge in [-0.05, 0) is 143 Å². The Bertz CT molecular complexity index is 1540. The van der Waals surface area contributed by atoms with Gasteiger partial charge in [-0.2, -0.15) is 0 Å². The van der Waals surface area contributed by atoms with Crippen LogP contribution in [0.3, 0.4) is 0 Å². The maximum atomic E-state index is 13.6. The Balaban J connectivity index is 5.32. The molecule has 524 valence electrons. The third kappa shape index (κ3) is 64.8. The number of aliphatic hydroxyl groups excluding tert-OH is 4. The fourth-order valence-corrected chi connectivity index (χ4v) is 13.7. The molecule has 2 amide bonds. The zero-order chi connectivity index (χ0) is 65.1. The molecule has 6 N–H and O–H groups in total. The molecule has 0 aromatic rings. The van der Waals surface area contributed by atoms with Gasteiger partial charge >= 0.3 is 0 Å². The van der Waals surface area contributed by atoms with Crippen molar-refractivity contribution >= 4 is 33.4 Å². The van der Waals surface area contributed by atoms with Crippen molar-refractivity contribution < 1.29 is 30.0 Å². The van der Waals surface area contributed by atoms with Gasteiger partial charge in [0, 0.05) is 57.2 Å². The van der Waals surface area contributed by atoms with Crippen molar-refractivity contribution in [1.82, 2.24) is 25.3 Å². The molecule has 13 heteroatoms. The minimum atomic E-state index is -0.624. The molecule has 0 aromatic carbocycles. The molecule has 0 aliphatic heterocycles. The number of carbonyl (C=O) groups is 2. The number of carbonyl (C=O) groups excluding carboxylic acids is 2. The van der Waals surface area contributed by atoms with Gasteiger partial charge in [-0.3, -0.25) is 19.4 Å². The van der Waals surface area contributed by atoms with Gasteiger partial charge in [0.05, 0.1) is 24.4 Å². The Morgan fingerprint density at radius 1 is 0.382 bits per heavy atom. The van der Waals surface area contributed by atoms with Gasteiger partial charge in [-0.25, -0.2) is 0 Å². The Morgan fingerprint density at radius 2 is 0.719 bits per heavy atom. The summed E-state index contributed by atoms with van der Waals surface area (Å²) in [6, 6.07) is -0.624. The van der Waals surface area contributed by atoms with Crippen LogP contribution < -0.4 is 10.6 Å². The van der Waals surface area contributed by atoms with Crippen molar-refractivity contribution in [3.8, 4) is 0 Å². The summed E-state index contributed by atoms with van der Waals surface area (Å²) in [5.74, 6) is 1.40. The normalized spacial score (nSPS) is 14.0. The first-order valence-corrected chi connectivity index (χ1v) is 40.2. The van der Waals surface area contributed by atoms with Crippen LogP contribution in [0.15, 0.2) is 48.6 Å². The van der Waals surface area contributed by atoms with Crippen LogP contribution in [-0.4, -0.2) is 155 Å². The van der Waals surface area contributed by atoms with Crippen LogP contribution in [0.4, 0.5) is 0 Å². The summed E-state index contributed by atoms with van der Waals surface area (Å²) >= 11 is 0. The number of allylic oxidation sites excluding steroid dienone is 8. The van der Waals surface area contributed by atoms with E-state index in [-0.39, 0.29) is 18.2 Å². The van der Waals surface area contributed by atoms with E-state index in [2.05, 4.69) is 96.7 Å². The molecule has 11 nitrogen and oxygen atoms in total. The zero-order valence-electron chi connectivity index (χ0n) is 59.2. The highest BCUT2D eigenvalue weighted by molar-refractivity contribution is 8.76. The highest BCUT2D eigenvalue weighted by Crippen LogP contribution is 2.25. The lowest BCUT2D eigenvalue weighted by atomic mass is 10.0. The Labute approximate surface area is 559 Å². The minimum Gasteiger partial charge on any atom is -0.392 e. The summed E-state index contributed by atoms with van der Waals surface area (Å²) in [4.78, 5) is 33.7. The summed E-state index contributed by atoms with van der Waals surface area (Å²) in [6.45, 7) is 13.9. The SMILES string of the molecule is CCCCC/C=C\C/C=C\CCCCCCC(O)CN(CCCCSSCCC(NC(=O)CCCN(CC(O)CCCCCCCCCC)CC(O)CCCCCCCCCC)C(=O)NCCN(C)C)CC(O)CCCCCC/C=C\C/C=C\CCCCC. The molecule has 89 heavy (non-hydrogen) atoms. The molecule has 0 radical (unpaired) electrons. The minimum absolute atomic E-state index is 0.139. The average molecular weight is 1290 g/mol. The molecule has 0 spiro atoms. The van der Waals surface area contributed by atoms with Crippen LogP contribution in [0.2, 0.25) is 0 Å². The molecule has 0 aromatic heterocycles. The zero-order valence-corrected chi connectivity index (χ0v) is 60.8. The molecule has 5 atom stereocenters. The molecular weight excluding hydrogens is 1140 g/mol. The van der Waals surface area contributed by atoms with Crippen molar-refractivity contribution in [2.24, 2.45) is 0 Å². The third-order valence-corrected chi connectivity index (χ3v) is 19.6. The van der Waals surface area contributed by atoms with Crippen molar-refractivity contribution in [3.63, 3.8) is 0 Å². The van der Waals surface area contributed by atoms with Crippen LogP contribution in [0.1, 0.15) is 317 Å². The number of likely N-dealkylation sites (N-methyl/N-ethyl adjacent to an activating group) is 1. The second-order valence-electron chi connectivity index (χ2n) is 26.5. The average Bonchev–Trinajstić information content (AvgIpc) is 3.52. The Kier molecular flexibility index (Phi) is 67.9. The lowest BCUT2D eigenvalue weighted by Gasteiger charge is -2.27. The molecule has 0 saturated carbocycles. The van der Waals surface area contributed by atoms with E-state index in [0.29, 0.717) is 58.7 Å². The predicted molar refractivity (Wildman–Crippen MR) is 392 cm³/mol. The number of amides is 2. The van der Waals surface area contributed by atoms with Crippen molar-refractivity contribution in [3.05, 3.63) is 48.6 Å². The quantitative estimate of drug-likeness (QED) is 0.0196. The highest BCUT2D eigenvalue weighted by atomic mass is 33.1. The first-order chi connectivity index (χ1) is 43.4. The van der Waals surface area contributed by atoms with E-state index < -0.39 is 30.5 Å². The van der Waals surface area contributed by atoms with Gasteiger partial charge in [0.15, 0.2) is 0 Å². The summed E-state index contributed by atoms with van der Waals surface area (Å²) in [5, 5.41) is 51.0. The van der Waals surface area contributed by atoms with Gasteiger partial charge in [0.1, 0.15) is 6.04 Å². The number of nitrogens with zero attached hydrogens (tertiary/aromatic N) is 3. The maximum Gasteiger partial charge on any atom is 0.242 e. The summed E-state index contributed by atoms with van der Waals surface area (Å²) < 4.78 is 0. The van der Waals surface area contributed by atoms with Gasteiger partial charge in [0.2, 0.25) is 11.8 Å². The standard InChI is InChI=1S/C76H147N5O6S2/c1-7-11-15-19-23-27-29-31-33-35-37-41-45-49-54-70(82)66-80(67-71(83)55-50-46-42-38-36-34-32-30-28-24-20-16-12-8-2)61-51-52-64-88-89-65-59-74(76(87)77-60-63-79(5)6)78-75(86)58-53-62-81(68-72(84)56-47-43-39-25-21-17-13-9-3)69-73(85)57-48-44-40-26-22-18-14-10-4/h23-24,27-28,31-34,70-74,82-85H,7-22,25-26,29-30,35-69H2,1-6H3,(H,77,87)(H,78,86)/b27-23-,28-24-,33-31-,34-32-. The fraction of sp³-hybridized carbons (Fsp3) is 0.868. The predicted octanol–water partition coefficient (Wildman–Crippen LogP) is 18.4. The second kappa shape index (κ2) is 69.2. The molecule has 0 bridgehead atoms. The Hall–Kier alpha value is -1.68. The van der Waals surface area contributed by atoms with Gasteiger partial charge in [-0.1, -0.05) is 265 Å². The van der Waals surface area contributed by atoms with Crippen LogP contribution in [-0.2, 0) is 9.59 Å². The smallest absolute Gasteiger partial charge is 0.242 e. The fourth-order valence-electron chi connectivity index (χ4n) is 11.4. The number of unbranched alkanes of at least 4 members (excludes halogenated alkanes) is 29. The molecule has 0 fully saturated rings. The van der Waals surface area contributed by atoms with Crippen LogP contribution >= 0.6 is 21.6 Å². The molecule has 0 heterocycles. The van der Waals surface area contributed by atoms with Crippen molar-refractivity contribution in [2.45, 2.75) is 347 Å². The largest absolute Gasteiger partial charge is 0.392 e.